The SMILES string of the molecule is O=C(O)c1ccc(NS(=O)(=O)c2ccc3c4c(cccc24)C(=O)S3)cc1[O-]. The fourth-order valence-electron chi connectivity index (χ4n) is 2.96. The Balaban J connectivity index is 1.80. The van der Waals surface area contributed by atoms with Gasteiger partial charge in [-0.15, -0.1) is 0 Å². The number of sulfonamides is 1. The number of carboxylic acid groups (broad SMARTS) is 1. The number of benzene rings is 3. The van der Waals surface area contributed by atoms with Crippen molar-refractivity contribution in [1.29, 1.82) is 0 Å². The lowest BCUT2D eigenvalue weighted by atomic mass is 10.1. The fraction of sp³-hybridized carbons (Fsp3) is 0. The third-order valence-corrected chi connectivity index (χ3v) is 6.54. The van der Waals surface area contributed by atoms with Gasteiger partial charge in [-0.1, -0.05) is 17.9 Å². The molecule has 3 aromatic carbocycles. The molecule has 136 valence electrons. The third-order valence-electron chi connectivity index (χ3n) is 4.14. The van der Waals surface area contributed by atoms with Crippen LogP contribution in [0.5, 0.6) is 5.75 Å². The molecule has 0 aliphatic carbocycles. The number of nitrogens with one attached hydrogen (secondary N) is 1. The monoisotopic (exact) mass is 400 g/mol. The van der Waals surface area contributed by atoms with Crippen LogP contribution in [-0.4, -0.2) is 24.6 Å². The normalized spacial score (nSPS) is 13.1. The largest absolute Gasteiger partial charge is 0.872 e. The summed E-state index contributed by atoms with van der Waals surface area (Å²) in [7, 11) is -4.07. The Labute approximate surface area is 157 Å². The summed E-state index contributed by atoms with van der Waals surface area (Å²) >= 11 is 1.05. The summed E-state index contributed by atoms with van der Waals surface area (Å²) in [5, 5.41) is 21.5. The maximum Gasteiger partial charge on any atom is 0.335 e. The maximum atomic E-state index is 12.8. The van der Waals surface area contributed by atoms with Crippen LogP contribution >= 0.6 is 11.8 Å². The molecule has 27 heavy (non-hydrogen) atoms. The lowest BCUT2D eigenvalue weighted by Gasteiger charge is -2.15. The number of hydrogen-bond acceptors (Lipinski definition) is 6. The van der Waals surface area contributed by atoms with Crippen molar-refractivity contribution in [2.75, 3.05) is 4.72 Å². The molecule has 3 aromatic rings. The number of rotatable bonds is 4. The van der Waals surface area contributed by atoms with Crippen LogP contribution in [0.1, 0.15) is 20.7 Å². The molecule has 0 saturated carbocycles. The van der Waals surface area contributed by atoms with Gasteiger partial charge >= 0.3 is 5.97 Å². The average molecular weight is 400 g/mol. The zero-order valence-corrected chi connectivity index (χ0v) is 15.1. The molecule has 0 spiro atoms. The van der Waals surface area contributed by atoms with E-state index in [9.17, 15) is 23.1 Å². The van der Waals surface area contributed by atoms with Crippen LogP contribution in [0, 0.1) is 0 Å². The van der Waals surface area contributed by atoms with Crippen LogP contribution in [0.4, 0.5) is 5.69 Å². The molecule has 1 heterocycles. The van der Waals surface area contributed by atoms with Gasteiger partial charge in [0.25, 0.3) is 10.0 Å². The molecule has 0 unspecified atom stereocenters. The molecule has 7 nitrogen and oxygen atoms in total. The van der Waals surface area contributed by atoms with E-state index < -0.39 is 27.3 Å². The van der Waals surface area contributed by atoms with Gasteiger partial charge in [0, 0.05) is 26.9 Å². The van der Waals surface area contributed by atoms with Gasteiger partial charge in [0.05, 0.1) is 10.5 Å². The van der Waals surface area contributed by atoms with Gasteiger partial charge < -0.3 is 10.2 Å². The first kappa shape index (κ1) is 17.4. The van der Waals surface area contributed by atoms with Crippen LogP contribution in [0.3, 0.4) is 0 Å². The number of thioether (sulfide) groups is 1. The van der Waals surface area contributed by atoms with E-state index in [1.807, 2.05) is 0 Å². The molecule has 0 atom stereocenters. The van der Waals surface area contributed by atoms with Gasteiger partial charge in [-0.25, -0.2) is 13.2 Å². The van der Waals surface area contributed by atoms with Crippen molar-refractivity contribution in [3.05, 3.63) is 59.7 Å². The van der Waals surface area contributed by atoms with Crippen molar-refractivity contribution in [3.63, 3.8) is 0 Å². The fourth-order valence-corrected chi connectivity index (χ4v) is 5.16. The standard InChI is InChI=1S/C18H11NO6S2/c20-13-8-9(4-5-10(13)17(21)22)19-27(24,25)15-7-6-14-16-11(15)2-1-3-12(16)18(23)26-14/h1-8,19-20H,(H,21,22)/p-1. The van der Waals surface area contributed by atoms with Gasteiger partial charge in [-0.3, -0.25) is 9.52 Å². The second-order valence-electron chi connectivity index (χ2n) is 5.80. The first-order chi connectivity index (χ1) is 12.8. The van der Waals surface area contributed by atoms with Gasteiger partial charge in [-0.05, 0) is 48.2 Å². The minimum Gasteiger partial charge on any atom is -0.872 e. The molecule has 0 fully saturated rings. The van der Waals surface area contributed by atoms with Crippen molar-refractivity contribution in [3.8, 4) is 5.75 Å². The topological polar surface area (TPSA) is 124 Å². The van der Waals surface area contributed by atoms with Crippen molar-refractivity contribution in [2.45, 2.75) is 9.79 Å². The smallest absolute Gasteiger partial charge is 0.335 e. The number of anilines is 1. The Hall–Kier alpha value is -3.04. The van der Waals surface area contributed by atoms with Gasteiger partial charge in [0.1, 0.15) is 0 Å². The highest BCUT2D eigenvalue weighted by atomic mass is 32.2. The minimum atomic E-state index is -4.07. The first-order valence-electron chi connectivity index (χ1n) is 7.63. The average Bonchev–Trinajstić information content (AvgIpc) is 2.92. The lowest BCUT2D eigenvalue weighted by Crippen LogP contribution is -2.14. The van der Waals surface area contributed by atoms with E-state index in [1.165, 1.54) is 12.1 Å². The van der Waals surface area contributed by atoms with E-state index in [0.29, 0.717) is 21.2 Å². The Morgan fingerprint density at radius 2 is 1.89 bits per heavy atom. The van der Waals surface area contributed by atoms with Crippen molar-refractivity contribution >= 4 is 49.3 Å². The maximum absolute atomic E-state index is 12.8. The highest BCUT2D eigenvalue weighted by Crippen LogP contribution is 2.42. The van der Waals surface area contributed by atoms with Gasteiger partial charge in [0.15, 0.2) is 0 Å². The lowest BCUT2D eigenvalue weighted by molar-refractivity contribution is -0.268. The number of carbonyl (C=O) groups excluding carboxylic acids is 1. The molecular formula is C18H10NO6S2-. The number of hydrogen-bond donors (Lipinski definition) is 2. The predicted molar refractivity (Wildman–Crippen MR) is 97.8 cm³/mol. The van der Waals surface area contributed by atoms with Crippen LogP contribution in [-0.2, 0) is 10.0 Å². The minimum absolute atomic E-state index is 0.0341. The zero-order chi connectivity index (χ0) is 19.3. The highest BCUT2D eigenvalue weighted by molar-refractivity contribution is 8.14. The van der Waals surface area contributed by atoms with Crippen molar-refractivity contribution < 1.29 is 28.2 Å². The van der Waals surface area contributed by atoms with Crippen molar-refractivity contribution in [2.24, 2.45) is 0 Å². The predicted octanol–water partition coefficient (Wildman–Crippen LogP) is 2.66. The quantitative estimate of drug-likeness (QED) is 0.690. The van der Waals surface area contributed by atoms with Crippen LogP contribution < -0.4 is 9.83 Å². The second kappa shape index (κ2) is 6.00. The molecule has 0 aromatic heterocycles. The first-order valence-corrected chi connectivity index (χ1v) is 9.93. The summed E-state index contributed by atoms with van der Waals surface area (Å²) in [4.78, 5) is 23.6. The van der Waals surface area contributed by atoms with E-state index >= 15 is 0 Å². The molecular weight excluding hydrogens is 390 g/mol. The van der Waals surface area contributed by atoms with E-state index in [1.54, 1.807) is 24.3 Å². The second-order valence-corrected chi connectivity index (χ2v) is 8.47. The third kappa shape index (κ3) is 2.81. The molecule has 0 amide bonds. The summed E-state index contributed by atoms with van der Waals surface area (Å²) < 4.78 is 28.0. The summed E-state index contributed by atoms with van der Waals surface area (Å²) in [6.45, 7) is 0. The molecule has 0 bridgehead atoms. The zero-order valence-electron chi connectivity index (χ0n) is 13.4. The van der Waals surface area contributed by atoms with Gasteiger partial charge in [0.2, 0.25) is 5.12 Å². The molecule has 0 radical (unpaired) electrons. The van der Waals surface area contributed by atoms with Crippen LogP contribution in [0.25, 0.3) is 10.8 Å². The Morgan fingerprint density at radius 1 is 1.11 bits per heavy atom. The molecule has 4 rings (SSSR count). The number of carbonyl (C=O) groups is 2. The molecule has 0 saturated heterocycles. The summed E-state index contributed by atoms with van der Waals surface area (Å²) in [5.41, 5.74) is -0.0327. The van der Waals surface area contributed by atoms with Crippen molar-refractivity contribution in [1.82, 2.24) is 0 Å². The summed E-state index contributed by atoms with van der Waals surface area (Å²) in [6, 6.07) is 11.0. The Kier molecular flexibility index (Phi) is 3.86. The molecule has 1 aliphatic rings. The van der Waals surface area contributed by atoms with E-state index in [0.717, 1.165) is 23.9 Å². The molecule has 2 N–H and O–H groups in total. The number of aromatic carboxylic acids is 1. The highest BCUT2D eigenvalue weighted by Gasteiger charge is 2.27. The van der Waals surface area contributed by atoms with Crippen LogP contribution in [0.2, 0.25) is 0 Å². The van der Waals surface area contributed by atoms with Gasteiger partial charge in [-0.2, -0.15) is 0 Å². The number of carboxylic acids is 1. The Bertz CT molecular complexity index is 1250. The summed E-state index contributed by atoms with van der Waals surface area (Å²) in [5.74, 6) is -2.19. The Morgan fingerprint density at radius 3 is 2.59 bits per heavy atom. The van der Waals surface area contributed by atoms with E-state index in [-0.39, 0.29) is 15.7 Å². The molecule has 9 heteroatoms. The molecule has 1 aliphatic heterocycles. The van der Waals surface area contributed by atoms with E-state index in [2.05, 4.69) is 4.72 Å². The summed E-state index contributed by atoms with van der Waals surface area (Å²) in [6.07, 6.45) is 0. The van der Waals surface area contributed by atoms with Crippen LogP contribution in [0.15, 0.2) is 58.3 Å². The van der Waals surface area contributed by atoms with E-state index in [4.69, 9.17) is 5.11 Å².